The second kappa shape index (κ2) is 7.68. The Balaban J connectivity index is 2.20. The number of rotatable bonds is 6. The van der Waals surface area contributed by atoms with Crippen molar-refractivity contribution in [1.82, 2.24) is 4.98 Å². The van der Waals surface area contributed by atoms with E-state index < -0.39 is 5.97 Å². The molecule has 1 heterocycles. The Morgan fingerprint density at radius 2 is 1.83 bits per heavy atom. The second-order valence-electron chi connectivity index (χ2n) is 5.22. The maximum absolute atomic E-state index is 12.9. The van der Waals surface area contributed by atoms with Gasteiger partial charge in [0, 0.05) is 23.7 Å². The predicted octanol–water partition coefficient (Wildman–Crippen LogP) is 3.14. The Morgan fingerprint density at radius 3 is 2.42 bits per heavy atom. The first-order chi connectivity index (χ1) is 11.5. The zero-order valence-corrected chi connectivity index (χ0v) is 13.8. The fourth-order valence-corrected chi connectivity index (χ4v) is 2.40. The van der Waals surface area contributed by atoms with E-state index in [1.54, 1.807) is 19.1 Å². The van der Waals surface area contributed by atoms with E-state index in [0.29, 0.717) is 17.5 Å². The van der Waals surface area contributed by atoms with Gasteiger partial charge in [-0.3, -0.25) is 4.79 Å². The van der Waals surface area contributed by atoms with Gasteiger partial charge in [-0.1, -0.05) is 12.1 Å². The van der Waals surface area contributed by atoms with E-state index >= 15 is 0 Å². The van der Waals surface area contributed by atoms with Crippen molar-refractivity contribution in [2.45, 2.75) is 19.8 Å². The Labute approximate surface area is 139 Å². The van der Waals surface area contributed by atoms with Crippen molar-refractivity contribution in [2.24, 2.45) is 0 Å². The molecule has 0 bridgehead atoms. The largest absolute Gasteiger partial charge is 0.494 e. The quantitative estimate of drug-likeness (QED) is 0.601. The van der Waals surface area contributed by atoms with E-state index in [1.165, 1.54) is 32.5 Å². The summed E-state index contributed by atoms with van der Waals surface area (Å²) >= 11 is 0. The number of nitrogens with zero attached hydrogens (tertiary/aromatic N) is 1. The molecule has 0 amide bonds. The van der Waals surface area contributed by atoms with E-state index in [0.717, 1.165) is 5.56 Å². The van der Waals surface area contributed by atoms with E-state index in [4.69, 9.17) is 4.74 Å². The SMILES string of the molecule is COC(=O)c1ncc(C(=O)CCc2ccc(F)cc2)c(C)c1OC. The van der Waals surface area contributed by atoms with Gasteiger partial charge in [0.25, 0.3) is 0 Å². The molecule has 0 radical (unpaired) electrons. The van der Waals surface area contributed by atoms with Crippen LogP contribution in [0.2, 0.25) is 0 Å². The molecule has 6 heteroatoms. The van der Waals surface area contributed by atoms with Crippen LogP contribution in [0.1, 0.15) is 38.4 Å². The molecular formula is C18H18FNO4. The first-order valence-corrected chi connectivity index (χ1v) is 7.37. The minimum Gasteiger partial charge on any atom is -0.494 e. The average Bonchev–Trinajstić information content (AvgIpc) is 2.59. The smallest absolute Gasteiger partial charge is 0.360 e. The highest BCUT2D eigenvalue weighted by molar-refractivity contribution is 5.99. The molecule has 1 aromatic heterocycles. The zero-order valence-electron chi connectivity index (χ0n) is 13.8. The van der Waals surface area contributed by atoms with Crippen LogP contribution in [-0.2, 0) is 11.2 Å². The van der Waals surface area contributed by atoms with Gasteiger partial charge in [-0.25, -0.2) is 14.2 Å². The van der Waals surface area contributed by atoms with Crippen LogP contribution in [0, 0.1) is 12.7 Å². The summed E-state index contributed by atoms with van der Waals surface area (Å²) in [5, 5.41) is 0. The Bertz CT molecular complexity index is 756. The number of aromatic nitrogens is 1. The van der Waals surface area contributed by atoms with Crippen LogP contribution in [0.3, 0.4) is 0 Å². The molecule has 5 nitrogen and oxygen atoms in total. The summed E-state index contributed by atoms with van der Waals surface area (Å²) in [6.45, 7) is 1.69. The fraction of sp³-hybridized carbons (Fsp3) is 0.278. The van der Waals surface area contributed by atoms with Gasteiger partial charge in [0.15, 0.2) is 17.2 Å². The molecule has 0 fully saturated rings. The van der Waals surface area contributed by atoms with Gasteiger partial charge in [0.2, 0.25) is 0 Å². The summed E-state index contributed by atoms with van der Waals surface area (Å²) < 4.78 is 22.8. The van der Waals surface area contributed by atoms with Gasteiger partial charge < -0.3 is 9.47 Å². The Kier molecular flexibility index (Phi) is 5.63. The molecule has 0 aliphatic rings. The molecule has 0 aliphatic heterocycles. The number of esters is 1. The summed E-state index contributed by atoms with van der Waals surface area (Å²) in [6, 6.07) is 6.02. The van der Waals surface area contributed by atoms with Crippen LogP contribution < -0.4 is 4.74 Å². The van der Waals surface area contributed by atoms with Crippen LogP contribution in [0.4, 0.5) is 4.39 Å². The van der Waals surface area contributed by atoms with Crippen molar-refractivity contribution in [2.75, 3.05) is 14.2 Å². The lowest BCUT2D eigenvalue weighted by molar-refractivity contribution is 0.0589. The minimum atomic E-state index is -0.625. The third-order valence-corrected chi connectivity index (χ3v) is 3.72. The predicted molar refractivity (Wildman–Crippen MR) is 85.9 cm³/mol. The number of halogens is 1. The lowest BCUT2D eigenvalue weighted by Crippen LogP contribution is -2.12. The van der Waals surface area contributed by atoms with Crippen molar-refractivity contribution in [1.29, 1.82) is 0 Å². The molecule has 24 heavy (non-hydrogen) atoms. The molecule has 0 unspecified atom stereocenters. The number of pyridine rings is 1. The summed E-state index contributed by atoms with van der Waals surface area (Å²) in [4.78, 5) is 28.1. The summed E-state index contributed by atoms with van der Waals surface area (Å²) in [5.74, 6) is -0.831. The first-order valence-electron chi connectivity index (χ1n) is 7.37. The molecule has 0 N–H and O–H groups in total. The molecule has 0 saturated carbocycles. The van der Waals surface area contributed by atoms with E-state index in [-0.39, 0.29) is 29.5 Å². The van der Waals surface area contributed by atoms with Gasteiger partial charge in [-0.15, -0.1) is 0 Å². The standard InChI is InChI=1S/C18H18FNO4/c1-11-14(10-20-16(17(11)23-2)18(22)24-3)15(21)9-6-12-4-7-13(19)8-5-12/h4-5,7-8,10H,6,9H2,1-3H3. The highest BCUT2D eigenvalue weighted by Crippen LogP contribution is 2.26. The summed E-state index contributed by atoms with van der Waals surface area (Å²) in [7, 11) is 2.66. The molecule has 0 aliphatic carbocycles. The molecule has 0 saturated heterocycles. The van der Waals surface area contributed by atoms with Crippen LogP contribution in [0.15, 0.2) is 30.5 Å². The van der Waals surface area contributed by atoms with Crippen LogP contribution >= 0.6 is 0 Å². The van der Waals surface area contributed by atoms with Gasteiger partial charge >= 0.3 is 5.97 Å². The number of methoxy groups -OCH3 is 2. The minimum absolute atomic E-state index is 0.0348. The van der Waals surface area contributed by atoms with Crippen LogP contribution in [0.25, 0.3) is 0 Å². The van der Waals surface area contributed by atoms with E-state index in [2.05, 4.69) is 9.72 Å². The zero-order chi connectivity index (χ0) is 17.7. The highest BCUT2D eigenvalue weighted by atomic mass is 19.1. The fourth-order valence-electron chi connectivity index (χ4n) is 2.40. The molecular weight excluding hydrogens is 313 g/mol. The monoisotopic (exact) mass is 331 g/mol. The lowest BCUT2D eigenvalue weighted by atomic mass is 9.99. The first kappa shape index (κ1) is 17.6. The van der Waals surface area contributed by atoms with Gasteiger partial charge in [0.1, 0.15) is 5.82 Å². The second-order valence-corrected chi connectivity index (χ2v) is 5.22. The van der Waals surface area contributed by atoms with E-state index in [9.17, 15) is 14.0 Å². The molecule has 126 valence electrons. The number of ketones is 1. The number of carbonyl (C=O) groups excluding carboxylic acids is 2. The number of Topliss-reactive ketones (excluding diaryl/α,β-unsaturated/α-hetero) is 1. The lowest BCUT2D eigenvalue weighted by Gasteiger charge is -2.12. The number of carbonyl (C=O) groups is 2. The average molecular weight is 331 g/mol. The molecule has 2 rings (SSSR count). The number of hydrogen-bond acceptors (Lipinski definition) is 5. The third kappa shape index (κ3) is 3.76. The maximum Gasteiger partial charge on any atom is 0.360 e. The van der Waals surface area contributed by atoms with Crippen molar-refractivity contribution in [3.8, 4) is 5.75 Å². The Hall–Kier alpha value is -2.76. The normalized spacial score (nSPS) is 10.3. The van der Waals surface area contributed by atoms with Crippen molar-refractivity contribution >= 4 is 11.8 Å². The molecule has 2 aromatic rings. The summed E-state index contributed by atoms with van der Waals surface area (Å²) in [6.07, 6.45) is 2.09. The highest BCUT2D eigenvalue weighted by Gasteiger charge is 2.21. The van der Waals surface area contributed by atoms with Crippen molar-refractivity contribution < 1.29 is 23.5 Å². The maximum atomic E-state index is 12.9. The van der Waals surface area contributed by atoms with Gasteiger partial charge in [-0.2, -0.15) is 0 Å². The van der Waals surface area contributed by atoms with Crippen molar-refractivity contribution in [3.63, 3.8) is 0 Å². The molecule has 1 aromatic carbocycles. The van der Waals surface area contributed by atoms with Crippen LogP contribution in [0.5, 0.6) is 5.75 Å². The number of ether oxygens (including phenoxy) is 2. The number of aryl methyl sites for hydroxylation is 1. The van der Waals surface area contributed by atoms with Gasteiger partial charge in [-0.05, 0) is 31.0 Å². The number of benzene rings is 1. The van der Waals surface area contributed by atoms with Crippen LogP contribution in [-0.4, -0.2) is 31.0 Å². The molecule has 0 atom stereocenters. The third-order valence-electron chi connectivity index (χ3n) is 3.72. The van der Waals surface area contributed by atoms with E-state index in [1.807, 2.05) is 0 Å². The topological polar surface area (TPSA) is 65.5 Å². The van der Waals surface area contributed by atoms with Gasteiger partial charge in [0.05, 0.1) is 14.2 Å². The summed E-state index contributed by atoms with van der Waals surface area (Å²) in [5.41, 5.74) is 1.83. The van der Waals surface area contributed by atoms with Crippen molar-refractivity contribution in [3.05, 3.63) is 58.7 Å². The molecule has 0 spiro atoms. The number of hydrogen-bond donors (Lipinski definition) is 0. The Morgan fingerprint density at radius 1 is 1.17 bits per heavy atom.